The van der Waals surface area contributed by atoms with Crippen LogP contribution in [0, 0.1) is 0 Å². The van der Waals surface area contributed by atoms with Gasteiger partial charge in [-0.2, -0.15) is 0 Å². The molecule has 196 valence electrons. The van der Waals surface area contributed by atoms with Crippen LogP contribution in [0.3, 0.4) is 0 Å². The van der Waals surface area contributed by atoms with Crippen molar-refractivity contribution >= 4 is 50.9 Å². The number of hydrogen-bond donors (Lipinski definition) is 1. The van der Waals surface area contributed by atoms with Gasteiger partial charge in [0.25, 0.3) is 5.91 Å². The molecule has 0 radical (unpaired) electrons. The second-order valence-electron chi connectivity index (χ2n) is 9.00. The van der Waals surface area contributed by atoms with E-state index >= 15 is 0 Å². The largest absolute Gasteiger partial charge is 0.483 e. The van der Waals surface area contributed by atoms with Crippen molar-refractivity contribution in [1.29, 1.82) is 0 Å². The number of aryl methyl sites for hydroxylation is 1. The van der Waals surface area contributed by atoms with Gasteiger partial charge in [-0.05, 0) is 71.6 Å². The highest BCUT2D eigenvalue weighted by Gasteiger charge is 2.32. The Labute approximate surface area is 237 Å². The van der Waals surface area contributed by atoms with Crippen LogP contribution in [-0.2, 0) is 29.0 Å². The first kappa shape index (κ1) is 29.0. The molecule has 0 unspecified atom stereocenters. The lowest BCUT2D eigenvalue weighted by Crippen LogP contribution is -2.52. The number of nitrogens with zero attached hydrogens (tertiary/aromatic N) is 1. The summed E-state index contributed by atoms with van der Waals surface area (Å²) in [6, 6.07) is 19.6. The average molecular weight is 606 g/mol. The highest BCUT2D eigenvalue weighted by Crippen LogP contribution is 2.29. The summed E-state index contributed by atoms with van der Waals surface area (Å²) in [6.45, 7) is 5.63. The van der Waals surface area contributed by atoms with Crippen LogP contribution in [0.25, 0.3) is 0 Å². The SMILES string of the molecule is CCc1ccc(OCC(=O)N(Cc2c(Cl)cccc2Cl)[C@H](Cc2ccccc2)C(=O)NC(C)C)c(Br)c1. The summed E-state index contributed by atoms with van der Waals surface area (Å²) in [5.41, 5.74) is 2.64. The van der Waals surface area contributed by atoms with Crippen molar-refractivity contribution in [3.8, 4) is 5.75 Å². The van der Waals surface area contributed by atoms with E-state index in [0.29, 0.717) is 27.8 Å². The molecule has 2 amide bonds. The van der Waals surface area contributed by atoms with Crippen molar-refractivity contribution in [2.24, 2.45) is 0 Å². The van der Waals surface area contributed by atoms with Crippen molar-refractivity contribution < 1.29 is 14.3 Å². The maximum atomic E-state index is 13.7. The number of benzene rings is 3. The zero-order valence-electron chi connectivity index (χ0n) is 21.1. The van der Waals surface area contributed by atoms with E-state index in [1.807, 2.05) is 62.4 Å². The molecule has 0 fully saturated rings. The topological polar surface area (TPSA) is 58.6 Å². The summed E-state index contributed by atoms with van der Waals surface area (Å²) in [4.78, 5) is 28.7. The van der Waals surface area contributed by atoms with Crippen LogP contribution in [0.15, 0.2) is 71.2 Å². The summed E-state index contributed by atoms with van der Waals surface area (Å²) >= 11 is 16.5. The van der Waals surface area contributed by atoms with Crippen LogP contribution >= 0.6 is 39.1 Å². The van der Waals surface area contributed by atoms with E-state index in [9.17, 15) is 9.59 Å². The van der Waals surface area contributed by atoms with E-state index in [2.05, 4.69) is 28.2 Å². The third-order valence-corrected chi connectivity index (χ3v) is 7.18. The standard InChI is InChI=1S/C29H31BrCl2N2O3/c1-4-20-13-14-27(23(30)15-20)37-18-28(35)34(17-22-24(31)11-8-12-25(22)32)26(29(36)33-19(2)3)16-21-9-6-5-7-10-21/h5-15,19,26H,4,16-18H2,1-3H3,(H,33,36)/t26-/m1/s1. The third kappa shape index (κ3) is 8.22. The molecule has 37 heavy (non-hydrogen) atoms. The van der Waals surface area contributed by atoms with Crippen LogP contribution < -0.4 is 10.1 Å². The molecule has 0 aliphatic heterocycles. The summed E-state index contributed by atoms with van der Waals surface area (Å²) < 4.78 is 6.67. The van der Waals surface area contributed by atoms with Gasteiger partial charge in [0, 0.05) is 34.6 Å². The number of ether oxygens (including phenoxy) is 1. The molecule has 0 saturated heterocycles. The molecule has 0 spiro atoms. The van der Waals surface area contributed by atoms with Gasteiger partial charge in [0.15, 0.2) is 6.61 Å². The Morgan fingerprint density at radius 1 is 0.973 bits per heavy atom. The molecule has 0 saturated carbocycles. The Bertz CT molecular complexity index is 1200. The average Bonchev–Trinajstić information content (AvgIpc) is 2.86. The predicted molar refractivity (Wildman–Crippen MR) is 153 cm³/mol. The third-order valence-electron chi connectivity index (χ3n) is 5.85. The lowest BCUT2D eigenvalue weighted by molar-refractivity contribution is -0.143. The first-order valence-electron chi connectivity index (χ1n) is 12.2. The molecule has 1 N–H and O–H groups in total. The number of rotatable bonds is 11. The van der Waals surface area contributed by atoms with E-state index in [1.54, 1.807) is 18.2 Å². The fraction of sp³-hybridized carbons (Fsp3) is 0.310. The Hall–Kier alpha value is -2.54. The number of halogens is 3. The lowest BCUT2D eigenvalue weighted by Gasteiger charge is -2.32. The second kappa shape index (κ2) is 13.8. The molecule has 0 bridgehead atoms. The molecule has 0 aromatic heterocycles. The molecule has 0 aliphatic rings. The fourth-order valence-corrected chi connectivity index (χ4v) is 4.95. The van der Waals surface area contributed by atoms with Gasteiger partial charge in [0.2, 0.25) is 5.91 Å². The zero-order chi connectivity index (χ0) is 26.9. The monoisotopic (exact) mass is 604 g/mol. The molecular weight excluding hydrogens is 575 g/mol. The quantitative estimate of drug-likeness (QED) is 0.260. The van der Waals surface area contributed by atoms with Crippen LogP contribution in [0.1, 0.15) is 37.5 Å². The van der Waals surface area contributed by atoms with Gasteiger partial charge < -0.3 is 15.0 Å². The number of carbonyl (C=O) groups excluding carboxylic acids is 2. The Morgan fingerprint density at radius 2 is 1.65 bits per heavy atom. The van der Waals surface area contributed by atoms with Gasteiger partial charge in [-0.1, -0.05) is 72.6 Å². The van der Waals surface area contributed by atoms with E-state index in [-0.39, 0.29) is 31.0 Å². The smallest absolute Gasteiger partial charge is 0.261 e. The van der Waals surface area contributed by atoms with E-state index < -0.39 is 6.04 Å². The van der Waals surface area contributed by atoms with Crippen molar-refractivity contribution in [3.63, 3.8) is 0 Å². The second-order valence-corrected chi connectivity index (χ2v) is 10.7. The Kier molecular flexibility index (Phi) is 10.9. The van der Waals surface area contributed by atoms with Crippen LogP contribution in [0.5, 0.6) is 5.75 Å². The predicted octanol–water partition coefficient (Wildman–Crippen LogP) is 6.86. The number of hydrogen-bond acceptors (Lipinski definition) is 3. The molecule has 3 aromatic carbocycles. The fourth-order valence-electron chi connectivity index (χ4n) is 3.89. The normalized spacial score (nSPS) is 11.8. The summed E-state index contributed by atoms with van der Waals surface area (Å²) in [6.07, 6.45) is 1.21. The Morgan fingerprint density at radius 3 is 2.24 bits per heavy atom. The van der Waals surface area contributed by atoms with E-state index in [1.165, 1.54) is 4.90 Å². The minimum Gasteiger partial charge on any atom is -0.483 e. The van der Waals surface area contributed by atoms with Crippen LogP contribution in [0.2, 0.25) is 10.0 Å². The first-order chi connectivity index (χ1) is 17.7. The minimum atomic E-state index is -0.806. The van der Waals surface area contributed by atoms with E-state index in [0.717, 1.165) is 22.0 Å². The molecule has 5 nitrogen and oxygen atoms in total. The van der Waals surface area contributed by atoms with Gasteiger partial charge in [-0.25, -0.2) is 0 Å². The van der Waals surface area contributed by atoms with Crippen molar-refractivity contribution in [1.82, 2.24) is 10.2 Å². The van der Waals surface area contributed by atoms with Crippen molar-refractivity contribution in [3.05, 3.63) is 97.9 Å². The minimum absolute atomic E-state index is 0.0552. The van der Waals surface area contributed by atoms with Crippen molar-refractivity contribution in [2.45, 2.75) is 52.2 Å². The highest BCUT2D eigenvalue weighted by molar-refractivity contribution is 9.10. The molecule has 3 rings (SSSR count). The summed E-state index contributed by atoms with van der Waals surface area (Å²) in [5, 5.41) is 3.81. The van der Waals surface area contributed by atoms with Gasteiger partial charge in [-0.3, -0.25) is 9.59 Å². The maximum absolute atomic E-state index is 13.7. The highest BCUT2D eigenvalue weighted by atomic mass is 79.9. The molecular formula is C29H31BrCl2N2O3. The molecule has 1 atom stereocenters. The van der Waals surface area contributed by atoms with Crippen molar-refractivity contribution in [2.75, 3.05) is 6.61 Å². The van der Waals surface area contributed by atoms with E-state index in [4.69, 9.17) is 27.9 Å². The Balaban J connectivity index is 1.96. The number of amides is 2. The van der Waals surface area contributed by atoms with Gasteiger partial charge >= 0.3 is 0 Å². The maximum Gasteiger partial charge on any atom is 0.261 e. The molecule has 0 heterocycles. The van der Waals surface area contributed by atoms with Gasteiger partial charge in [0.1, 0.15) is 11.8 Å². The van der Waals surface area contributed by atoms with Gasteiger partial charge in [-0.15, -0.1) is 0 Å². The molecule has 3 aromatic rings. The lowest BCUT2D eigenvalue weighted by atomic mass is 10.0. The summed E-state index contributed by atoms with van der Waals surface area (Å²) in [5.74, 6) is -0.0707. The van der Waals surface area contributed by atoms with Crippen LogP contribution in [-0.4, -0.2) is 35.4 Å². The number of carbonyl (C=O) groups is 2. The summed E-state index contributed by atoms with van der Waals surface area (Å²) in [7, 11) is 0. The molecule has 0 aliphatic carbocycles. The van der Waals surface area contributed by atoms with Gasteiger partial charge in [0.05, 0.1) is 4.47 Å². The molecule has 8 heteroatoms. The first-order valence-corrected chi connectivity index (χ1v) is 13.7. The van der Waals surface area contributed by atoms with Crippen LogP contribution in [0.4, 0.5) is 0 Å². The zero-order valence-corrected chi connectivity index (χ0v) is 24.2. The number of nitrogens with one attached hydrogen (secondary N) is 1.